The van der Waals surface area contributed by atoms with Crippen LogP contribution < -0.4 is 22.2 Å². The molecule has 0 aromatic heterocycles. The number of nitrogens with zero attached hydrogens (tertiary/aromatic N) is 1. The molecule has 0 aliphatic rings. The van der Waals surface area contributed by atoms with Crippen LogP contribution in [-0.2, 0) is 14.4 Å². The van der Waals surface area contributed by atoms with Crippen LogP contribution >= 0.6 is 0 Å². The van der Waals surface area contributed by atoms with Crippen molar-refractivity contribution < 1.29 is 19.5 Å². The van der Waals surface area contributed by atoms with Gasteiger partial charge in [0.1, 0.15) is 6.54 Å². The maximum Gasteiger partial charge on any atom is 0.319 e. The van der Waals surface area contributed by atoms with Gasteiger partial charge in [-0.3, -0.25) is 19.8 Å². The van der Waals surface area contributed by atoms with Crippen molar-refractivity contribution in [1.82, 2.24) is 15.8 Å². The van der Waals surface area contributed by atoms with E-state index in [1.165, 1.54) is 14.0 Å². The average molecular weight is 289 g/mol. The summed E-state index contributed by atoms with van der Waals surface area (Å²) in [5.41, 5.74) is 13.2. The van der Waals surface area contributed by atoms with Crippen LogP contribution in [0.3, 0.4) is 0 Å². The topological polar surface area (TPSA) is 151 Å². The fourth-order valence-corrected chi connectivity index (χ4v) is 1.48. The molecule has 9 heteroatoms. The third kappa shape index (κ3) is 8.40. The minimum atomic E-state index is -1.06. The van der Waals surface area contributed by atoms with Crippen LogP contribution in [0.25, 0.3) is 0 Å². The second-order valence-corrected chi connectivity index (χ2v) is 4.56. The number of hydrogen-bond acceptors (Lipinski definition) is 6. The molecule has 2 amide bonds. The van der Waals surface area contributed by atoms with Gasteiger partial charge in [-0.05, 0) is 19.9 Å². The summed E-state index contributed by atoms with van der Waals surface area (Å²) in [7, 11) is 1.44. The Bertz CT molecular complexity index is 348. The molecule has 0 spiro atoms. The lowest BCUT2D eigenvalue weighted by atomic mass is 10.1. The molecule has 9 nitrogen and oxygen atoms in total. The summed E-state index contributed by atoms with van der Waals surface area (Å²) in [4.78, 5) is 33.6. The zero-order valence-corrected chi connectivity index (χ0v) is 11.8. The summed E-state index contributed by atoms with van der Waals surface area (Å²) in [6.07, 6.45) is 0.425. The van der Waals surface area contributed by atoms with Crippen LogP contribution in [0.4, 0.5) is 0 Å². The van der Waals surface area contributed by atoms with Crippen LogP contribution in [-0.4, -0.2) is 60.1 Å². The minimum absolute atomic E-state index is 0.000378. The van der Waals surface area contributed by atoms with Crippen molar-refractivity contribution in [2.75, 3.05) is 20.1 Å². The van der Waals surface area contributed by atoms with Gasteiger partial charge in [-0.15, -0.1) is 0 Å². The molecule has 0 aliphatic carbocycles. The molecule has 0 bridgehead atoms. The summed E-state index contributed by atoms with van der Waals surface area (Å²) in [6.45, 7) is 1.52. The van der Waals surface area contributed by atoms with E-state index in [1.54, 1.807) is 0 Å². The first-order valence-electron chi connectivity index (χ1n) is 6.24. The van der Waals surface area contributed by atoms with Gasteiger partial charge in [0.15, 0.2) is 0 Å². The first-order valence-corrected chi connectivity index (χ1v) is 6.24. The maximum atomic E-state index is 11.7. The maximum absolute atomic E-state index is 11.7. The quantitative estimate of drug-likeness (QED) is 0.297. The molecular formula is C11H23N5O4. The number of amides is 2. The Labute approximate surface area is 117 Å². The summed E-state index contributed by atoms with van der Waals surface area (Å²) in [5.74, 6) is -1.83. The van der Waals surface area contributed by atoms with Crippen molar-refractivity contribution in [3.05, 3.63) is 0 Å². The molecule has 0 aromatic rings. The number of rotatable bonds is 9. The molecule has 0 radical (unpaired) electrons. The molecule has 0 aliphatic heterocycles. The van der Waals surface area contributed by atoms with Gasteiger partial charge >= 0.3 is 5.97 Å². The Balaban J connectivity index is 4.33. The fraction of sp³-hybridized carbons (Fsp3) is 0.727. The summed E-state index contributed by atoms with van der Waals surface area (Å²) in [6, 6.07) is -1.11. The average Bonchev–Trinajstić information content (AvgIpc) is 2.26. The highest BCUT2D eigenvalue weighted by Gasteiger charge is 2.18. The Morgan fingerprint density at radius 3 is 2.40 bits per heavy atom. The van der Waals surface area contributed by atoms with Crippen LogP contribution in [0.2, 0.25) is 0 Å². The van der Waals surface area contributed by atoms with Gasteiger partial charge in [0, 0.05) is 19.5 Å². The van der Waals surface area contributed by atoms with E-state index in [0.29, 0.717) is 13.0 Å². The number of carboxylic acids is 1. The van der Waals surface area contributed by atoms with Crippen LogP contribution in [0.15, 0.2) is 0 Å². The van der Waals surface area contributed by atoms with E-state index in [-0.39, 0.29) is 18.9 Å². The number of carboxylic acid groups (broad SMARTS) is 1. The lowest BCUT2D eigenvalue weighted by molar-refractivity contribution is -0.139. The smallest absolute Gasteiger partial charge is 0.319 e. The zero-order chi connectivity index (χ0) is 15.7. The van der Waals surface area contributed by atoms with Crippen molar-refractivity contribution in [1.29, 1.82) is 0 Å². The second kappa shape index (κ2) is 9.23. The molecule has 2 atom stereocenters. The Morgan fingerprint density at radius 2 is 1.95 bits per heavy atom. The number of hydrazine groups is 1. The predicted molar refractivity (Wildman–Crippen MR) is 72.3 cm³/mol. The number of nitrogens with one attached hydrogen (secondary N) is 2. The van der Waals surface area contributed by atoms with E-state index < -0.39 is 24.0 Å². The molecule has 0 heterocycles. The molecule has 0 unspecified atom stereocenters. The van der Waals surface area contributed by atoms with E-state index >= 15 is 0 Å². The first-order chi connectivity index (χ1) is 9.26. The third-order valence-corrected chi connectivity index (χ3v) is 2.39. The van der Waals surface area contributed by atoms with Crippen LogP contribution in [0, 0.1) is 0 Å². The molecule has 7 N–H and O–H groups in total. The van der Waals surface area contributed by atoms with Gasteiger partial charge in [0.05, 0.1) is 6.04 Å². The van der Waals surface area contributed by atoms with E-state index in [2.05, 4.69) is 10.7 Å². The van der Waals surface area contributed by atoms with E-state index in [1.807, 2.05) is 0 Å². The van der Waals surface area contributed by atoms with Crippen molar-refractivity contribution in [3.8, 4) is 0 Å². The second-order valence-electron chi connectivity index (χ2n) is 4.56. The molecule has 116 valence electrons. The minimum Gasteiger partial charge on any atom is -0.480 e. The lowest BCUT2D eigenvalue weighted by Gasteiger charge is -2.21. The predicted octanol–water partition coefficient (Wildman–Crippen LogP) is -2.40. The van der Waals surface area contributed by atoms with Gasteiger partial charge in [0.2, 0.25) is 11.8 Å². The first kappa shape index (κ1) is 18.3. The highest BCUT2D eigenvalue weighted by atomic mass is 16.4. The fourth-order valence-electron chi connectivity index (χ4n) is 1.48. The number of likely N-dealkylation sites (N-methyl/N-ethyl adjacent to an activating group) is 1. The van der Waals surface area contributed by atoms with E-state index in [4.69, 9.17) is 16.6 Å². The van der Waals surface area contributed by atoms with E-state index in [0.717, 1.165) is 5.01 Å². The van der Waals surface area contributed by atoms with Crippen molar-refractivity contribution >= 4 is 17.8 Å². The van der Waals surface area contributed by atoms with Gasteiger partial charge in [0.25, 0.3) is 0 Å². The summed E-state index contributed by atoms with van der Waals surface area (Å²) >= 11 is 0. The zero-order valence-electron chi connectivity index (χ0n) is 11.8. The number of carbonyl (C=O) groups excluding carboxylic acids is 2. The van der Waals surface area contributed by atoms with Crippen LogP contribution in [0.5, 0.6) is 0 Å². The molecule has 0 aromatic carbocycles. The van der Waals surface area contributed by atoms with Gasteiger partial charge in [-0.1, -0.05) is 0 Å². The number of carbonyl (C=O) groups is 3. The SMILES string of the molecule is C[C@H](N)C(=O)N[C@@H](CCN)CC(=O)NN(C)CC(=O)O. The highest BCUT2D eigenvalue weighted by molar-refractivity contribution is 5.82. The van der Waals surface area contributed by atoms with Crippen molar-refractivity contribution in [3.63, 3.8) is 0 Å². The third-order valence-electron chi connectivity index (χ3n) is 2.39. The Morgan fingerprint density at radius 1 is 1.35 bits per heavy atom. The normalized spacial score (nSPS) is 13.7. The molecule has 0 saturated carbocycles. The summed E-state index contributed by atoms with van der Waals surface area (Å²) in [5, 5.41) is 12.3. The van der Waals surface area contributed by atoms with Gasteiger partial charge in [-0.2, -0.15) is 0 Å². The van der Waals surface area contributed by atoms with Crippen molar-refractivity contribution in [2.45, 2.75) is 31.8 Å². The molecule has 0 saturated heterocycles. The molecular weight excluding hydrogens is 266 g/mol. The number of hydrogen-bond donors (Lipinski definition) is 5. The monoisotopic (exact) mass is 289 g/mol. The number of nitrogens with two attached hydrogens (primary N) is 2. The van der Waals surface area contributed by atoms with E-state index in [9.17, 15) is 14.4 Å². The Hall–Kier alpha value is -1.71. The van der Waals surface area contributed by atoms with Crippen LogP contribution in [0.1, 0.15) is 19.8 Å². The largest absolute Gasteiger partial charge is 0.480 e. The molecule has 0 rings (SSSR count). The van der Waals surface area contributed by atoms with Gasteiger partial charge < -0.3 is 21.9 Å². The molecule has 0 fully saturated rings. The molecule has 20 heavy (non-hydrogen) atoms. The number of aliphatic carboxylic acids is 1. The summed E-state index contributed by atoms with van der Waals surface area (Å²) < 4.78 is 0. The highest BCUT2D eigenvalue weighted by Crippen LogP contribution is 1.98. The lowest BCUT2D eigenvalue weighted by Crippen LogP contribution is -2.48. The Kier molecular flexibility index (Phi) is 8.45. The van der Waals surface area contributed by atoms with Gasteiger partial charge in [-0.25, -0.2) is 5.01 Å². The van der Waals surface area contributed by atoms with Crippen molar-refractivity contribution in [2.24, 2.45) is 11.5 Å². The standard InChI is InChI=1S/C11H23N5O4/c1-7(13)11(20)14-8(3-4-12)5-9(17)15-16(2)6-10(18)19/h7-8H,3-6,12-13H2,1-2H3,(H,14,20)(H,15,17)(H,18,19)/t7-,8-/m0/s1.